The number of carbonyl (C=O) groups is 1. The van der Waals surface area contributed by atoms with Gasteiger partial charge in [-0.05, 0) is 50.3 Å². The van der Waals surface area contributed by atoms with Gasteiger partial charge in [-0.1, -0.05) is 13.8 Å². The standard InChI is InChI=1S/C14H22N2O2/c1-8(2)7-18-14(17)16-13-11(5)9(3)10(4)12(6)15-13/h8H,7H2,1-6H3,(H,15,16,17). The minimum atomic E-state index is -0.443. The number of nitrogens with zero attached hydrogens (tertiary/aromatic N) is 1. The summed E-state index contributed by atoms with van der Waals surface area (Å²) in [6.45, 7) is 12.4. The number of anilines is 1. The second-order valence-electron chi connectivity index (χ2n) is 5.04. The third kappa shape index (κ3) is 3.45. The van der Waals surface area contributed by atoms with Gasteiger partial charge in [-0.3, -0.25) is 5.32 Å². The molecule has 0 aliphatic rings. The van der Waals surface area contributed by atoms with Crippen molar-refractivity contribution in [3.63, 3.8) is 0 Å². The highest BCUT2D eigenvalue weighted by atomic mass is 16.5. The van der Waals surface area contributed by atoms with Crippen LogP contribution < -0.4 is 5.32 Å². The molecule has 0 aromatic carbocycles. The molecule has 0 unspecified atom stereocenters. The zero-order chi connectivity index (χ0) is 13.9. The molecule has 1 heterocycles. The van der Waals surface area contributed by atoms with E-state index >= 15 is 0 Å². The lowest BCUT2D eigenvalue weighted by Crippen LogP contribution is -2.18. The average molecular weight is 250 g/mol. The lowest BCUT2D eigenvalue weighted by molar-refractivity contribution is 0.147. The molecular weight excluding hydrogens is 228 g/mol. The van der Waals surface area contributed by atoms with Gasteiger partial charge in [0, 0.05) is 5.69 Å². The van der Waals surface area contributed by atoms with Gasteiger partial charge in [0.15, 0.2) is 0 Å². The first-order valence-corrected chi connectivity index (χ1v) is 6.21. The van der Waals surface area contributed by atoms with Crippen molar-refractivity contribution in [1.29, 1.82) is 0 Å². The first-order valence-electron chi connectivity index (χ1n) is 6.21. The highest BCUT2D eigenvalue weighted by Gasteiger charge is 2.12. The zero-order valence-corrected chi connectivity index (χ0v) is 12.0. The Morgan fingerprint density at radius 1 is 1.17 bits per heavy atom. The minimum absolute atomic E-state index is 0.325. The van der Waals surface area contributed by atoms with E-state index in [0.29, 0.717) is 18.3 Å². The van der Waals surface area contributed by atoms with E-state index in [0.717, 1.165) is 22.4 Å². The number of aryl methyl sites for hydroxylation is 1. The van der Waals surface area contributed by atoms with Crippen LogP contribution in [-0.2, 0) is 4.74 Å². The molecule has 1 aromatic heterocycles. The number of hydrogen-bond acceptors (Lipinski definition) is 3. The van der Waals surface area contributed by atoms with Crippen LogP contribution in [0.3, 0.4) is 0 Å². The molecule has 0 saturated carbocycles. The van der Waals surface area contributed by atoms with Gasteiger partial charge in [0.1, 0.15) is 5.82 Å². The normalized spacial score (nSPS) is 10.6. The van der Waals surface area contributed by atoms with E-state index in [4.69, 9.17) is 4.74 Å². The SMILES string of the molecule is Cc1nc(NC(=O)OCC(C)C)c(C)c(C)c1C. The number of nitrogens with one attached hydrogen (secondary N) is 1. The molecule has 18 heavy (non-hydrogen) atoms. The highest BCUT2D eigenvalue weighted by Crippen LogP contribution is 2.21. The molecule has 4 heteroatoms. The topological polar surface area (TPSA) is 51.2 Å². The van der Waals surface area contributed by atoms with Crippen molar-refractivity contribution in [2.24, 2.45) is 5.92 Å². The second-order valence-corrected chi connectivity index (χ2v) is 5.04. The van der Waals surface area contributed by atoms with E-state index in [9.17, 15) is 4.79 Å². The molecule has 0 spiro atoms. The Balaban J connectivity index is 2.82. The average Bonchev–Trinajstić information content (AvgIpc) is 2.30. The molecule has 100 valence electrons. The fraction of sp³-hybridized carbons (Fsp3) is 0.571. The number of ether oxygens (including phenoxy) is 1. The van der Waals surface area contributed by atoms with Gasteiger partial charge in [0.25, 0.3) is 0 Å². The van der Waals surface area contributed by atoms with Crippen LogP contribution in [0.15, 0.2) is 0 Å². The Bertz CT molecular complexity index is 454. The molecule has 0 atom stereocenters. The van der Waals surface area contributed by atoms with E-state index < -0.39 is 6.09 Å². The summed E-state index contributed by atoms with van der Waals surface area (Å²) < 4.78 is 5.08. The highest BCUT2D eigenvalue weighted by molar-refractivity contribution is 5.84. The van der Waals surface area contributed by atoms with Crippen LogP contribution in [0.25, 0.3) is 0 Å². The Hall–Kier alpha value is -1.58. The van der Waals surface area contributed by atoms with Gasteiger partial charge in [-0.2, -0.15) is 0 Å². The van der Waals surface area contributed by atoms with Crippen LogP contribution in [0, 0.1) is 33.6 Å². The van der Waals surface area contributed by atoms with E-state index in [1.807, 2.05) is 41.5 Å². The van der Waals surface area contributed by atoms with Crippen LogP contribution in [0.5, 0.6) is 0 Å². The molecular formula is C14H22N2O2. The third-order valence-corrected chi connectivity index (χ3v) is 3.07. The summed E-state index contributed by atoms with van der Waals surface area (Å²) in [6.07, 6.45) is -0.443. The Morgan fingerprint density at radius 3 is 2.33 bits per heavy atom. The number of hydrogen-bond donors (Lipinski definition) is 1. The van der Waals surface area contributed by atoms with E-state index in [-0.39, 0.29) is 0 Å². The third-order valence-electron chi connectivity index (χ3n) is 3.07. The van der Waals surface area contributed by atoms with Gasteiger partial charge in [0.2, 0.25) is 0 Å². The van der Waals surface area contributed by atoms with Crippen molar-refractivity contribution in [3.8, 4) is 0 Å². The van der Waals surface area contributed by atoms with Crippen molar-refractivity contribution in [2.75, 3.05) is 11.9 Å². The predicted octanol–water partition coefficient (Wildman–Crippen LogP) is 3.52. The smallest absolute Gasteiger partial charge is 0.412 e. The van der Waals surface area contributed by atoms with Crippen molar-refractivity contribution < 1.29 is 9.53 Å². The summed E-state index contributed by atoms with van der Waals surface area (Å²) in [7, 11) is 0. The summed E-state index contributed by atoms with van der Waals surface area (Å²) >= 11 is 0. The maximum atomic E-state index is 11.6. The Kier molecular flexibility index (Phi) is 4.70. The van der Waals surface area contributed by atoms with E-state index in [2.05, 4.69) is 10.3 Å². The van der Waals surface area contributed by atoms with Gasteiger partial charge >= 0.3 is 6.09 Å². The first-order chi connectivity index (χ1) is 8.32. The summed E-state index contributed by atoms with van der Waals surface area (Å²) in [5, 5.41) is 2.70. The van der Waals surface area contributed by atoms with Gasteiger partial charge in [-0.15, -0.1) is 0 Å². The molecule has 1 N–H and O–H groups in total. The summed E-state index contributed by atoms with van der Waals surface area (Å²) in [5.74, 6) is 0.913. The van der Waals surface area contributed by atoms with Crippen molar-refractivity contribution in [1.82, 2.24) is 4.98 Å². The lowest BCUT2D eigenvalue weighted by atomic mass is 10.0. The maximum Gasteiger partial charge on any atom is 0.412 e. The monoisotopic (exact) mass is 250 g/mol. The first kappa shape index (κ1) is 14.5. The number of aromatic nitrogens is 1. The number of carbonyl (C=O) groups excluding carboxylic acids is 1. The maximum absolute atomic E-state index is 11.6. The van der Waals surface area contributed by atoms with Gasteiger partial charge in [0.05, 0.1) is 6.61 Å². The number of amides is 1. The molecule has 1 rings (SSSR count). The molecule has 0 aliphatic carbocycles. The number of rotatable bonds is 3. The Morgan fingerprint density at radius 2 is 1.78 bits per heavy atom. The van der Waals surface area contributed by atoms with Crippen LogP contribution in [0.4, 0.5) is 10.6 Å². The van der Waals surface area contributed by atoms with E-state index in [1.165, 1.54) is 0 Å². The molecule has 0 radical (unpaired) electrons. The van der Waals surface area contributed by atoms with Crippen LogP contribution in [-0.4, -0.2) is 17.7 Å². The summed E-state index contributed by atoms with van der Waals surface area (Å²) in [4.78, 5) is 16.0. The molecule has 1 amide bonds. The van der Waals surface area contributed by atoms with Crippen LogP contribution in [0.1, 0.15) is 36.2 Å². The van der Waals surface area contributed by atoms with Crippen LogP contribution in [0.2, 0.25) is 0 Å². The predicted molar refractivity (Wildman–Crippen MR) is 73.0 cm³/mol. The lowest BCUT2D eigenvalue weighted by Gasteiger charge is -2.14. The molecule has 0 bridgehead atoms. The quantitative estimate of drug-likeness (QED) is 0.893. The molecule has 0 fully saturated rings. The van der Waals surface area contributed by atoms with Gasteiger partial charge in [-0.25, -0.2) is 9.78 Å². The van der Waals surface area contributed by atoms with Gasteiger partial charge < -0.3 is 4.74 Å². The van der Waals surface area contributed by atoms with Crippen molar-refractivity contribution in [2.45, 2.75) is 41.5 Å². The minimum Gasteiger partial charge on any atom is -0.449 e. The molecule has 0 aliphatic heterocycles. The van der Waals surface area contributed by atoms with Crippen molar-refractivity contribution in [3.05, 3.63) is 22.4 Å². The molecule has 4 nitrogen and oxygen atoms in total. The number of pyridine rings is 1. The summed E-state index contributed by atoms with van der Waals surface area (Å²) in [5.41, 5.74) is 4.23. The fourth-order valence-electron chi connectivity index (χ4n) is 1.56. The summed E-state index contributed by atoms with van der Waals surface area (Å²) in [6, 6.07) is 0. The second kappa shape index (κ2) is 5.85. The Labute approximate surface area is 109 Å². The van der Waals surface area contributed by atoms with Crippen LogP contribution >= 0.6 is 0 Å². The van der Waals surface area contributed by atoms with E-state index in [1.54, 1.807) is 0 Å². The zero-order valence-electron chi connectivity index (χ0n) is 12.0. The van der Waals surface area contributed by atoms with Crippen molar-refractivity contribution >= 4 is 11.9 Å². The molecule has 1 aromatic rings. The fourth-order valence-corrected chi connectivity index (χ4v) is 1.56. The molecule has 0 saturated heterocycles. The largest absolute Gasteiger partial charge is 0.449 e.